The highest BCUT2D eigenvalue weighted by Gasteiger charge is 2.34. The number of benzene rings is 1. The highest BCUT2D eigenvalue weighted by molar-refractivity contribution is 5.83. The summed E-state index contributed by atoms with van der Waals surface area (Å²) < 4.78 is 26.8. The molecule has 2 aliphatic heterocycles. The molecule has 2 nitrogen and oxygen atoms in total. The lowest BCUT2D eigenvalue weighted by Gasteiger charge is -2.31. The fourth-order valence-corrected chi connectivity index (χ4v) is 5.07. The third kappa shape index (κ3) is 3.04. The molecule has 4 aliphatic rings. The molecular weight excluding hydrogens is 342 g/mol. The summed E-state index contributed by atoms with van der Waals surface area (Å²) in [5, 5.41) is 3.58. The lowest BCUT2D eigenvalue weighted by Crippen LogP contribution is -2.38. The zero-order valence-electron chi connectivity index (χ0n) is 15.7. The van der Waals surface area contributed by atoms with Gasteiger partial charge in [0, 0.05) is 55.9 Å². The number of halogens is 2. The Balaban J connectivity index is 1.37. The smallest absolute Gasteiger partial charge is 0.250 e. The SMILES string of the molecule is C=C1NC2=C(Cc3cc(CN4CCC(F)(F)CC4)ccc32)C2=C1CCCC2. The predicted octanol–water partition coefficient (Wildman–Crippen LogP) is 5.17. The molecule has 0 atom stereocenters. The minimum Gasteiger partial charge on any atom is -0.355 e. The topological polar surface area (TPSA) is 15.3 Å². The van der Waals surface area contributed by atoms with Crippen LogP contribution in [0, 0.1) is 0 Å². The van der Waals surface area contributed by atoms with Gasteiger partial charge in [0.15, 0.2) is 0 Å². The molecule has 0 amide bonds. The van der Waals surface area contributed by atoms with Gasteiger partial charge in [-0.15, -0.1) is 0 Å². The van der Waals surface area contributed by atoms with Gasteiger partial charge in [0.25, 0.3) is 5.92 Å². The van der Waals surface area contributed by atoms with Crippen LogP contribution < -0.4 is 5.32 Å². The van der Waals surface area contributed by atoms with E-state index < -0.39 is 5.92 Å². The number of rotatable bonds is 2. The van der Waals surface area contributed by atoms with E-state index in [1.807, 2.05) is 0 Å². The van der Waals surface area contributed by atoms with Crippen LogP contribution in [0.25, 0.3) is 5.70 Å². The third-order valence-corrected chi connectivity index (χ3v) is 6.57. The van der Waals surface area contributed by atoms with Crippen molar-refractivity contribution in [2.75, 3.05) is 13.1 Å². The summed E-state index contributed by atoms with van der Waals surface area (Å²) in [6, 6.07) is 6.66. The van der Waals surface area contributed by atoms with Crippen molar-refractivity contribution < 1.29 is 8.78 Å². The lowest BCUT2D eigenvalue weighted by atomic mass is 9.83. The number of dihydropyridines is 1. The Morgan fingerprint density at radius 3 is 2.56 bits per heavy atom. The molecule has 4 heteroatoms. The van der Waals surface area contributed by atoms with Crippen molar-refractivity contribution in [2.24, 2.45) is 0 Å². The molecule has 1 fully saturated rings. The van der Waals surface area contributed by atoms with E-state index in [1.54, 1.807) is 0 Å². The largest absolute Gasteiger partial charge is 0.355 e. The quantitative estimate of drug-likeness (QED) is 0.774. The summed E-state index contributed by atoms with van der Waals surface area (Å²) >= 11 is 0. The Hall–Kier alpha value is -1.94. The van der Waals surface area contributed by atoms with Crippen LogP contribution in [0.2, 0.25) is 0 Å². The minimum absolute atomic E-state index is 0.0171. The molecular formula is C23H26F2N2. The standard InChI is InChI=1S/C23H26F2N2/c1-15-18-4-2-3-5-20(18)21-13-17-12-16(6-7-19(17)22(21)26-15)14-27-10-8-23(24,25)9-11-27/h6-7,12,26H,1-5,8-11,13-14H2. The van der Waals surface area contributed by atoms with Crippen LogP contribution in [-0.2, 0) is 13.0 Å². The number of nitrogens with zero attached hydrogens (tertiary/aromatic N) is 1. The number of hydrogen-bond donors (Lipinski definition) is 1. The van der Waals surface area contributed by atoms with Crippen molar-refractivity contribution in [2.45, 2.75) is 57.4 Å². The maximum Gasteiger partial charge on any atom is 0.250 e. The van der Waals surface area contributed by atoms with Crippen molar-refractivity contribution in [3.05, 3.63) is 63.9 Å². The average molecular weight is 368 g/mol. The van der Waals surface area contributed by atoms with Gasteiger partial charge in [-0.1, -0.05) is 24.8 Å². The van der Waals surface area contributed by atoms with Crippen LogP contribution >= 0.6 is 0 Å². The molecule has 0 aromatic heterocycles. The number of hydrogen-bond acceptors (Lipinski definition) is 2. The maximum atomic E-state index is 13.4. The molecule has 0 bridgehead atoms. The van der Waals surface area contributed by atoms with Crippen LogP contribution in [0.15, 0.2) is 47.2 Å². The molecule has 0 unspecified atom stereocenters. The Morgan fingerprint density at radius 1 is 1.04 bits per heavy atom. The first kappa shape index (κ1) is 17.2. The van der Waals surface area contributed by atoms with Crippen LogP contribution in [0.3, 0.4) is 0 Å². The molecule has 142 valence electrons. The van der Waals surface area contributed by atoms with Gasteiger partial charge in [0.1, 0.15) is 0 Å². The van der Waals surface area contributed by atoms with Gasteiger partial charge in [0.2, 0.25) is 0 Å². The summed E-state index contributed by atoms with van der Waals surface area (Å²) in [6.07, 6.45) is 5.78. The van der Waals surface area contributed by atoms with E-state index in [-0.39, 0.29) is 12.8 Å². The van der Waals surface area contributed by atoms with Crippen molar-refractivity contribution in [3.8, 4) is 0 Å². The molecule has 0 saturated carbocycles. The van der Waals surface area contributed by atoms with Gasteiger partial charge in [-0.2, -0.15) is 0 Å². The zero-order chi connectivity index (χ0) is 18.6. The number of allylic oxidation sites excluding steroid dienone is 3. The number of likely N-dealkylation sites (tertiary alicyclic amines) is 1. The zero-order valence-corrected chi connectivity index (χ0v) is 15.7. The maximum absolute atomic E-state index is 13.4. The Morgan fingerprint density at radius 2 is 1.78 bits per heavy atom. The van der Waals surface area contributed by atoms with E-state index in [9.17, 15) is 8.78 Å². The molecule has 0 radical (unpaired) electrons. The number of nitrogens with one attached hydrogen (secondary N) is 1. The van der Waals surface area contributed by atoms with E-state index in [4.69, 9.17) is 0 Å². The highest BCUT2D eigenvalue weighted by atomic mass is 19.3. The first-order valence-electron chi connectivity index (χ1n) is 10.1. The summed E-state index contributed by atoms with van der Waals surface area (Å²) in [5.41, 5.74) is 10.6. The second-order valence-corrected chi connectivity index (χ2v) is 8.42. The first-order valence-corrected chi connectivity index (χ1v) is 10.1. The second-order valence-electron chi connectivity index (χ2n) is 8.42. The minimum atomic E-state index is -2.48. The summed E-state index contributed by atoms with van der Waals surface area (Å²) in [7, 11) is 0. The first-order chi connectivity index (χ1) is 13.0. The molecule has 5 rings (SSSR count). The van der Waals surface area contributed by atoms with E-state index >= 15 is 0 Å². The van der Waals surface area contributed by atoms with Crippen molar-refractivity contribution in [1.29, 1.82) is 0 Å². The van der Waals surface area contributed by atoms with E-state index in [1.165, 1.54) is 51.9 Å². The summed E-state index contributed by atoms with van der Waals surface area (Å²) in [5.74, 6) is -2.48. The van der Waals surface area contributed by atoms with Crippen molar-refractivity contribution in [3.63, 3.8) is 0 Å². The molecule has 2 heterocycles. The van der Waals surface area contributed by atoms with E-state index in [0.717, 1.165) is 31.5 Å². The third-order valence-electron chi connectivity index (χ3n) is 6.57. The van der Waals surface area contributed by atoms with Gasteiger partial charge in [-0.3, -0.25) is 4.90 Å². The molecule has 1 saturated heterocycles. The van der Waals surface area contributed by atoms with Gasteiger partial charge >= 0.3 is 0 Å². The second kappa shape index (κ2) is 6.30. The average Bonchev–Trinajstić information content (AvgIpc) is 3.02. The van der Waals surface area contributed by atoms with Gasteiger partial charge < -0.3 is 5.32 Å². The van der Waals surface area contributed by atoms with Gasteiger partial charge in [-0.25, -0.2) is 8.78 Å². The predicted molar refractivity (Wildman–Crippen MR) is 104 cm³/mol. The fourth-order valence-electron chi connectivity index (χ4n) is 5.07. The monoisotopic (exact) mass is 368 g/mol. The van der Waals surface area contributed by atoms with Crippen molar-refractivity contribution in [1.82, 2.24) is 10.2 Å². The summed E-state index contributed by atoms with van der Waals surface area (Å²) in [6.45, 7) is 6.00. The van der Waals surface area contributed by atoms with Crippen molar-refractivity contribution >= 4 is 5.70 Å². The van der Waals surface area contributed by atoms with Gasteiger partial charge in [0.05, 0.1) is 0 Å². The number of alkyl halides is 2. The fraction of sp³-hybridized carbons (Fsp3) is 0.478. The summed E-state index contributed by atoms with van der Waals surface area (Å²) in [4.78, 5) is 2.16. The Bertz CT molecular complexity index is 868. The van der Waals surface area contributed by atoms with Crippen LogP contribution in [0.5, 0.6) is 0 Å². The Labute approximate surface area is 159 Å². The molecule has 1 N–H and O–H groups in total. The molecule has 0 spiro atoms. The lowest BCUT2D eigenvalue weighted by molar-refractivity contribution is -0.0566. The van der Waals surface area contributed by atoms with E-state index in [0.29, 0.717) is 13.1 Å². The molecule has 1 aromatic rings. The van der Waals surface area contributed by atoms with Crippen LogP contribution in [0.1, 0.15) is 55.2 Å². The highest BCUT2D eigenvalue weighted by Crippen LogP contribution is 2.45. The van der Waals surface area contributed by atoms with Crippen LogP contribution in [0.4, 0.5) is 8.78 Å². The number of piperidine rings is 1. The van der Waals surface area contributed by atoms with E-state index in [2.05, 4.69) is 35.0 Å². The molecule has 2 aliphatic carbocycles. The molecule has 1 aromatic carbocycles. The normalized spacial score (nSPS) is 24.4. The van der Waals surface area contributed by atoms with Gasteiger partial charge in [-0.05, 0) is 53.5 Å². The Kier molecular flexibility index (Phi) is 4.01. The molecule has 27 heavy (non-hydrogen) atoms. The number of fused-ring (bicyclic) bond motifs is 3. The van der Waals surface area contributed by atoms with Crippen LogP contribution in [-0.4, -0.2) is 23.9 Å².